The van der Waals surface area contributed by atoms with Crippen molar-refractivity contribution in [1.82, 2.24) is 5.32 Å². The maximum Gasteiger partial charge on any atom is 0.416 e. The predicted molar refractivity (Wildman–Crippen MR) is 111 cm³/mol. The van der Waals surface area contributed by atoms with Crippen molar-refractivity contribution in [2.75, 3.05) is 11.5 Å². The third-order valence-electron chi connectivity index (χ3n) is 5.67. The van der Waals surface area contributed by atoms with E-state index in [4.69, 9.17) is 4.74 Å². The summed E-state index contributed by atoms with van der Waals surface area (Å²) in [5, 5.41) is 2.77. The molecule has 3 rings (SSSR count). The fourth-order valence-electron chi connectivity index (χ4n) is 4.07. The minimum Gasteiger partial charge on any atom is -0.449 e. The summed E-state index contributed by atoms with van der Waals surface area (Å²) in [4.78, 5) is 13.6. The summed E-state index contributed by atoms with van der Waals surface area (Å²) in [6.45, 7) is 2.66. The Morgan fingerprint density at radius 2 is 1.47 bits per heavy atom. The highest BCUT2D eigenvalue weighted by Gasteiger charge is 2.39. The minimum atomic E-state index is -5.04. The lowest BCUT2D eigenvalue weighted by molar-refractivity contribution is -0.143. The van der Waals surface area contributed by atoms with Crippen LogP contribution in [-0.2, 0) is 29.8 Å². The number of anilines is 1. The number of nitrogens with zero attached hydrogens (tertiary/aromatic N) is 1. The van der Waals surface area contributed by atoms with Crippen LogP contribution in [-0.4, -0.2) is 18.7 Å². The number of carbonyl (C=O) groups is 1. The van der Waals surface area contributed by atoms with E-state index in [9.17, 15) is 44.3 Å². The third-order valence-corrected chi connectivity index (χ3v) is 5.67. The van der Waals surface area contributed by atoms with Crippen LogP contribution in [0.2, 0.25) is 0 Å². The summed E-state index contributed by atoms with van der Waals surface area (Å²) in [7, 11) is 0. The molecule has 36 heavy (non-hydrogen) atoms. The number of ether oxygens (including phenoxy) is 1. The maximum absolute atomic E-state index is 13.4. The van der Waals surface area contributed by atoms with E-state index in [1.807, 2.05) is 0 Å². The molecule has 1 N–H and O–H groups in total. The summed E-state index contributed by atoms with van der Waals surface area (Å²) in [6, 6.07) is 2.25. The first-order chi connectivity index (χ1) is 16.5. The first kappa shape index (κ1) is 27.6. The molecule has 0 saturated heterocycles. The van der Waals surface area contributed by atoms with Gasteiger partial charge in [0.1, 0.15) is 0 Å². The Hall–Kier alpha value is -2.96. The summed E-state index contributed by atoms with van der Waals surface area (Å²) in [6.07, 6.45) is -15.6. The van der Waals surface area contributed by atoms with E-state index < -0.39 is 59.9 Å². The fourth-order valence-corrected chi connectivity index (χ4v) is 4.07. The van der Waals surface area contributed by atoms with Crippen molar-refractivity contribution < 1.29 is 49.0 Å². The fraction of sp³-hybridized carbons (Fsp3) is 0.435. The molecule has 0 aromatic heterocycles. The number of hydrogen-bond donors (Lipinski definition) is 1. The smallest absolute Gasteiger partial charge is 0.416 e. The lowest BCUT2D eigenvalue weighted by atomic mass is 9.90. The van der Waals surface area contributed by atoms with Gasteiger partial charge in [0.2, 0.25) is 0 Å². The Kier molecular flexibility index (Phi) is 7.54. The van der Waals surface area contributed by atoms with E-state index in [1.165, 1.54) is 4.90 Å². The number of amides is 1. The normalized spacial score (nSPS) is 18.7. The van der Waals surface area contributed by atoms with Gasteiger partial charge in [-0.2, -0.15) is 39.5 Å². The van der Waals surface area contributed by atoms with Crippen LogP contribution in [0.4, 0.5) is 50.0 Å². The molecule has 1 amide bonds. The molecule has 2 aromatic rings. The second-order valence-corrected chi connectivity index (χ2v) is 8.27. The van der Waals surface area contributed by atoms with Crippen LogP contribution in [0.1, 0.15) is 54.1 Å². The van der Waals surface area contributed by atoms with Crippen molar-refractivity contribution in [2.24, 2.45) is 0 Å². The number of hydrogen-bond acceptors (Lipinski definition) is 3. The summed E-state index contributed by atoms with van der Waals surface area (Å²) < 4.78 is 124. The Bertz CT molecular complexity index is 1080. The molecule has 2 aromatic carbocycles. The van der Waals surface area contributed by atoms with Crippen LogP contribution in [0.15, 0.2) is 36.4 Å². The standard InChI is InChI=1S/C23H21F9N2O2/c1-3-36-20(35)34-12(2)6-18(17-10-14(21(24,25)26)4-5-19(17)34)33-11-13-7-15(22(27,28)29)9-16(8-13)23(30,31)32/h4-5,7-10,12,18,33H,3,6,11H2,1-2H3. The molecule has 4 nitrogen and oxygen atoms in total. The third kappa shape index (κ3) is 6.05. The Labute approximate surface area is 200 Å². The van der Waals surface area contributed by atoms with Crippen LogP contribution in [0.5, 0.6) is 0 Å². The van der Waals surface area contributed by atoms with Crippen LogP contribution < -0.4 is 10.2 Å². The van der Waals surface area contributed by atoms with Crippen molar-refractivity contribution in [3.63, 3.8) is 0 Å². The Morgan fingerprint density at radius 1 is 0.917 bits per heavy atom. The maximum atomic E-state index is 13.4. The van der Waals surface area contributed by atoms with E-state index in [0.29, 0.717) is 12.1 Å². The Morgan fingerprint density at radius 3 is 1.97 bits per heavy atom. The van der Waals surface area contributed by atoms with E-state index in [2.05, 4.69) is 5.32 Å². The quantitative estimate of drug-likeness (QED) is 0.423. The number of rotatable bonds is 4. The van der Waals surface area contributed by atoms with Crippen LogP contribution in [0, 0.1) is 0 Å². The molecule has 0 spiro atoms. The molecule has 1 heterocycles. The van der Waals surface area contributed by atoms with Crippen molar-refractivity contribution in [3.05, 3.63) is 64.2 Å². The average Bonchev–Trinajstić information content (AvgIpc) is 2.75. The number of carbonyl (C=O) groups excluding carboxylic acids is 1. The highest BCUT2D eigenvalue weighted by molar-refractivity contribution is 5.90. The van der Waals surface area contributed by atoms with Gasteiger partial charge in [0.25, 0.3) is 0 Å². The zero-order chi connectivity index (χ0) is 27.1. The number of fused-ring (bicyclic) bond motifs is 1. The monoisotopic (exact) mass is 528 g/mol. The van der Waals surface area contributed by atoms with E-state index in [0.717, 1.165) is 18.2 Å². The first-order valence-corrected chi connectivity index (χ1v) is 10.7. The summed E-state index contributed by atoms with van der Waals surface area (Å²) in [5.74, 6) is 0. The van der Waals surface area contributed by atoms with Gasteiger partial charge in [-0.05, 0) is 67.8 Å². The second kappa shape index (κ2) is 9.83. The molecule has 0 aliphatic carbocycles. The van der Waals surface area contributed by atoms with Crippen LogP contribution in [0.25, 0.3) is 0 Å². The molecule has 13 heteroatoms. The molecular formula is C23H21F9N2O2. The van der Waals surface area contributed by atoms with Crippen molar-refractivity contribution in [2.45, 2.75) is 57.4 Å². The SMILES string of the molecule is CCOC(=O)N1c2ccc(C(F)(F)F)cc2C(NCc2cc(C(F)(F)F)cc(C(F)(F)F)c2)CC1C. The van der Waals surface area contributed by atoms with Crippen LogP contribution in [0.3, 0.4) is 0 Å². The van der Waals surface area contributed by atoms with Gasteiger partial charge in [-0.25, -0.2) is 4.79 Å². The largest absolute Gasteiger partial charge is 0.449 e. The van der Waals surface area contributed by atoms with E-state index in [-0.39, 0.29) is 35.9 Å². The molecule has 1 aliphatic heterocycles. The molecule has 0 fully saturated rings. The summed E-state index contributed by atoms with van der Waals surface area (Å²) >= 11 is 0. The average molecular weight is 528 g/mol. The molecular weight excluding hydrogens is 507 g/mol. The second-order valence-electron chi connectivity index (χ2n) is 8.27. The molecule has 2 atom stereocenters. The molecule has 1 aliphatic rings. The van der Waals surface area contributed by atoms with Crippen molar-refractivity contribution in [3.8, 4) is 0 Å². The first-order valence-electron chi connectivity index (χ1n) is 10.7. The number of halogens is 9. The minimum absolute atomic E-state index is 0.00564. The van der Waals surface area contributed by atoms with Gasteiger partial charge >= 0.3 is 24.6 Å². The number of nitrogens with one attached hydrogen (secondary N) is 1. The zero-order valence-corrected chi connectivity index (χ0v) is 18.9. The van der Waals surface area contributed by atoms with Gasteiger partial charge in [-0.15, -0.1) is 0 Å². The molecule has 0 bridgehead atoms. The molecule has 0 radical (unpaired) electrons. The highest BCUT2D eigenvalue weighted by atomic mass is 19.4. The molecule has 198 valence electrons. The number of alkyl halides is 9. The van der Waals surface area contributed by atoms with Gasteiger partial charge < -0.3 is 10.1 Å². The summed E-state index contributed by atoms with van der Waals surface area (Å²) in [5.41, 5.74) is -4.27. The zero-order valence-electron chi connectivity index (χ0n) is 18.9. The van der Waals surface area contributed by atoms with Gasteiger partial charge in [0, 0.05) is 18.6 Å². The van der Waals surface area contributed by atoms with Gasteiger partial charge in [0.15, 0.2) is 0 Å². The van der Waals surface area contributed by atoms with E-state index >= 15 is 0 Å². The Balaban J connectivity index is 2.00. The highest BCUT2D eigenvalue weighted by Crippen LogP contribution is 2.42. The molecule has 0 saturated carbocycles. The van der Waals surface area contributed by atoms with E-state index in [1.54, 1.807) is 13.8 Å². The lowest BCUT2D eigenvalue weighted by Gasteiger charge is -2.39. The van der Waals surface area contributed by atoms with Gasteiger partial charge in [-0.1, -0.05) is 0 Å². The van der Waals surface area contributed by atoms with Crippen molar-refractivity contribution >= 4 is 11.8 Å². The van der Waals surface area contributed by atoms with Crippen LogP contribution >= 0.6 is 0 Å². The van der Waals surface area contributed by atoms with Crippen molar-refractivity contribution in [1.29, 1.82) is 0 Å². The number of benzene rings is 2. The topological polar surface area (TPSA) is 41.6 Å². The molecule has 2 unspecified atom stereocenters. The van der Waals surface area contributed by atoms with Gasteiger partial charge in [-0.3, -0.25) is 4.90 Å². The van der Waals surface area contributed by atoms with Gasteiger partial charge in [0.05, 0.1) is 29.0 Å². The predicted octanol–water partition coefficient (Wildman–Crippen LogP) is 7.33. The lowest BCUT2D eigenvalue weighted by Crippen LogP contribution is -2.45.